The number of halogens is 3. The SMILES string of the molecule is COc1ccc(N(C(=O)Nc2ccc(F)cc2)C(C)c2nc3cc(F)c(F)cc3c(=O)n2N2CCN(C(=O)C(C)NC(=O)OC(C)(C)C)CC2)c(OC)c1. The van der Waals surface area contributed by atoms with Crippen molar-refractivity contribution in [1.82, 2.24) is 19.9 Å². The van der Waals surface area contributed by atoms with E-state index in [-0.39, 0.29) is 65.9 Å². The fourth-order valence-corrected chi connectivity index (χ4v) is 5.98. The molecule has 288 valence electrons. The van der Waals surface area contributed by atoms with Gasteiger partial charge in [-0.15, -0.1) is 0 Å². The van der Waals surface area contributed by atoms with Crippen molar-refractivity contribution in [3.8, 4) is 11.5 Å². The van der Waals surface area contributed by atoms with Gasteiger partial charge in [-0.05, 0) is 77.1 Å². The fraction of sp³-hybridized carbons (Fsp3) is 0.378. The van der Waals surface area contributed by atoms with Crippen LogP contribution in [0.3, 0.4) is 0 Å². The molecule has 0 bridgehead atoms. The minimum Gasteiger partial charge on any atom is -0.497 e. The third kappa shape index (κ3) is 8.61. The van der Waals surface area contributed by atoms with Gasteiger partial charge >= 0.3 is 12.1 Å². The van der Waals surface area contributed by atoms with E-state index in [0.717, 1.165) is 12.1 Å². The number of amides is 4. The molecule has 4 aromatic rings. The summed E-state index contributed by atoms with van der Waals surface area (Å²) in [5, 5.41) is 6.65. The number of nitrogens with zero attached hydrogens (tertiary/aromatic N) is 5. The molecule has 1 aliphatic heterocycles. The van der Waals surface area contributed by atoms with Crippen LogP contribution in [-0.2, 0) is 9.53 Å². The third-order valence-corrected chi connectivity index (χ3v) is 8.59. The molecule has 0 saturated carbocycles. The zero-order valence-corrected chi connectivity index (χ0v) is 30.9. The van der Waals surface area contributed by atoms with E-state index in [2.05, 4.69) is 15.6 Å². The first-order chi connectivity index (χ1) is 25.5. The molecule has 2 atom stereocenters. The number of piperazine rings is 1. The molecule has 0 spiro atoms. The summed E-state index contributed by atoms with van der Waals surface area (Å²) in [4.78, 5) is 61.5. The summed E-state index contributed by atoms with van der Waals surface area (Å²) in [6.07, 6.45) is -0.750. The summed E-state index contributed by atoms with van der Waals surface area (Å²) in [6, 6.07) is 8.59. The Morgan fingerprint density at radius 1 is 0.889 bits per heavy atom. The van der Waals surface area contributed by atoms with Crippen molar-refractivity contribution in [1.29, 1.82) is 0 Å². The van der Waals surface area contributed by atoms with Crippen molar-refractivity contribution in [3.05, 3.63) is 88.2 Å². The molecule has 0 radical (unpaired) electrons. The van der Waals surface area contributed by atoms with Gasteiger partial charge in [0.25, 0.3) is 5.56 Å². The Labute approximate surface area is 309 Å². The lowest BCUT2D eigenvalue weighted by atomic mass is 10.1. The van der Waals surface area contributed by atoms with Gasteiger partial charge in [-0.1, -0.05) is 0 Å². The quantitative estimate of drug-likeness (QED) is 0.232. The van der Waals surface area contributed by atoms with E-state index in [9.17, 15) is 32.3 Å². The molecular formula is C37H42F3N7O7. The summed E-state index contributed by atoms with van der Waals surface area (Å²) in [5.74, 6) is -2.79. The summed E-state index contributed by atoms with van der Waals surface area (Å²) >= 11 is 0. The number of anilines is 2. The lowest BCUT2D eigenvalue weighted by Crippen LogP contribution is -2.59. The van der Waals surface area contributed by atoms with Gasteiger partial charge in [-0.25, -0.2) is 32.4 Å². The second-order valence-corrected chi connectivity index (χ2v) is 13.5. The normalized spacial score (nSPS) is 14.3. The van der Waals surface area contributed by atoms with E-state index in [1.54, 1.807) is 50.9 Å². The molecule has 1 fully saturated rings. The van der Waals surface area contributed by atoms with Gasteiger partial charge in [-0.3, -0.25) is 14.5 Å². The molecule has 1 aromatic heterocycles. The van der Waals surface area contributed by atoms with Crippen molar-refractivity contribution in [2.24, 2.45) is 0 Å². The van der Waals surface area contributed by atoms with Crippen LogP contribution in [0.25, 0.3) is 10.9 Å². The number of carbonyl (C=O) groups excluding carboxylic acids is 3. The number of urea groups is 1. The zero-order chi connectivity index (χ0) is 39.5. The lowest BCUT2D eigenvalue weighted by Gasteiger charge is -2.40. The number of fused-ring (bicyclic) bond motifs is 1. The Morgan fingerprint density at radius 3 is 2.15 bits per heavy atom. The molecule has 5 rings (SSSR count). The number of nitrogens with one attached hydrogen (secondary N) is 2. The van der Waals surface area contributed by atoms with Gasteiger partial charge in [0.2, 0.25) is 5.91 Å². The van der Waals surface area contributed by atoms with Gasteiger partial charge in [0, 0.05) is 30.9 Å². The van der Waals surface area contributed by atoms with Crippen LogP contribution < -0.4 is 35.6 Å². The number of alkyl carbamates (subject to hydrolysis) is 1. The number of methoxy groups -OCH3 is 2. The van der Waals surface area contributed by atoms with Crippen molar-refractivity contribution in [3.63, 3.8) is 0 Å². The molecule has 3 aromatic carbocycles. The molecule has 2 N–H and O–H groups in total. The number of hydrogen-bond donors (Lipinski definition) is 2. The van der Waals surface area contributed by atoms with Gasteiger partial charge in [0.05, 0.1) is 49.9 Å². The molecule has 2 unspecified atom stereocenters. The van der Waals surface area contributed by atoms with Crippen LogP contribution in [0.15, 0.2) is 59.4 Å². The zero-order valence-electron chi connectivity index (χ0n) is 30.9. The number of aromatic nitrogens is 2. The van der Waals surface area contributed by atoms with Crippen LogP contribution in [0, 0.1) is 17.5 Å². The smallest absolute Gasteiger partial charge is 0.408 e. The van der Waals surface area contributed by atoms with E-state index in [1.807, 2.05) is 0 Å². The van der Waals surface area contributed by atoms with E-state index in [1.165, 1.54) is 59.9 Å². The Bertz CT molecular complexity index is 2100. The Balaban J connectivity index is 1.56. The number of benzene rings is 3. The van der Waals surface area contributed by atoms with Crippen LogP contribution >= 0.6 is 0 Å². The summed E-state index contributed by atoms with van der Waals surface area (Å²) in [5.41, 5.74) is -1.20. The molecule has 54 heavy (non-hydrogen) atoms. The average Bonchev–Trinajstić information content (AvgIpc) is 3.12. The standard InChI is InChI=1S/C37H42F3N7O7/c1-21(41-36(51)54-37(3,4)5)33(48)44-14-16-45(17-15-44)47-32(43-29-20-28(40)27(39)19-26(29)34(47)49)22(2)46(30-13-12-25(52-6)18-31(30)53-7)35(50)42-24-10-8-23(38)9-11-24/h8-13,18-22H,14-17H2,1-7H3,(H,41,51)(H,42,50). The van der Waals surface area contributed by atoms with Gasteiger partial charge < -0.3 is 34.8 Å². The topological polar surface area (TPSA) is 148 Å². The van der Waals surface area contributed by atoms with Crippen LogP contribution in [-0.4, -0.2) is 84.6 Å². The van der Waals surface area contributed by atoms with Crippen LogP contribution in [0.4, 0.5) is 34.1 Å². The first-order valence-corrected chi connectivity index (χ1v) is 17.0. The minimum atomic E-state index is -1.25. The van der Waals surface area contributed by atoms with Crippen molar-refractivity contribution in [2.75, 3.05) is 55.6 Å². The van der Waals surface area contributed by atoms with Crippen LogP contribution in [0.2, 0.25) is 0 Å². The number of rotatable bonds is 9. The molecule has 0 aliphatic carbocycles. The molecule has 14 nitrogen and oxygen atoms in total. The van der Waals surface area contributed by atoms with E-state index in [0.29, 0.717) is 5.75 Å². The Morgan fingerprint density at radius 2 is 1.54 bits per heavy atom. The first kappa shape index (κ1) is 39.2. The highest BCUT2D eigenvalue weighted by Gasteiger charge is 2.34. The monoisotopic (exact) mass is 753 g/mol. The van der Waals surface area contributed by atoms with E-state index < -0.39 is 52.8 Å². The highest BCUT2D eigenvalue weighted by Crippen LogP contribution is 2.37. The first-order valence-electron chi connectivity index (χ1n) is 17.0. The van der Waals surface area contributed by atoms with Crippen molar-refractivity contribution >= 4 is 40.3 Å². The predicted octanol–water partition coefficient (Wildman–Crippen LogP) is 5.32. The van der Waals surface area contributed by atoms with Gasteiger partial charge in [0.1, 0.15) is 29.0 Å². The second kappa shape index (κ2) is 15.9. The fourth-order valence-electron chi connectivity index (χ4n) is 5.98. The lowest BCUT2D eigenvalue weighted by molar-refractivity contribution is -0.133. The maximum absolute atomic E-state index is 14.6. The van der Waals surface area contributed by atoms with Crippen molar-refractivity contribution < 1.29 is 41.8 Å². The Hall–Kier alpha value is -6.00. The third-order valence-electron chi connectivity index (χ3n) is 8.59. The maximum Gasteiger partial charge on any atom is 0.408 e. The summed E-state index contributed by atoms with van der Waals surface area (Å²) < 4.78 is 60.3. The summed E-state index contributed by atoms with van der Waals surface area (Å²) in [6.45, 7) is 8.59. The molecule has 4 amide bonds. The second-order valence-electron chi connectivity index (χ2n) is 13.5. The van der Waals surface area contributed by atoms with E-state index >= 15 is 0 Å². The molecular weight excluding hydrogens is 711 g/mol. The Kier molecular flexibility index (Phi) is 11.6. The largest absolute Gasteiger partial charge is 0.497 e. The average molecular weight is 754 g/mol. The highest BCUT2D eigenvalue weighted by atomic mass is 19.2. The van der Waals surface area contributed by atoms with Crippen LogP contribution in [0.5, 0.6) is 11.5 Å². The minimum absolute atomic E-state index is 0.0367. The van der Waals surface area contributed by atoms with Gasteiger partial charge in [0.15, 0.2) is 17.5 Å². The maximum atomic E-state index is 14.6. The van der Waals surface area contributed by atoms with Gasteiger partial charge in [-0.2, -0.15) is 0 Å². The van der Waals surface area contributed by atoms with Crippen molar-refractivity contribution in [2.45, 2.75) is 52.3 Å². The number of carbonyl (C=O) groups is 3. The number of ether oxygens (including phenoxy) is 3. The predicted molar refractivity (Wildman–Crippen MR) is 195 cm³/mol. The molecule has 1 saturated heterocycles. The number of hydrogen-bond acceptors (Lipinski definition) is 9. The highest BCUT2D eigenvalue weighted by molar-refractivity contribution is 6.03. The molecule has 17 heteroatoms. The van der Waals surface area contributed by atoms with Crippen LogP contribution in [0.1, 0.15) is 46.5 Å². The molecule has 2 heterocycles. The molecule has 1 aliphatic rings. The summed E-state index contributed by atoms with van der Waals surface area (Å²) in [7, 11) is 2.85. The van der Waals surface area contributed by atoms with E-state index in [4.69, 9.17) is 14.2 Å².